The fourth-order valence-electron chi connectivity index (χ4n) is 3.52. The van der Waals surface area contributed by atoms with E-state index in [-0.39, 0.29) is 17.6 Å². The van der Waals surface area contributed by atoms with Crippen molar-refractivity contribution in [3.05, 3.63) is 48.3 Å². The molecule has 28 heavy (non-hydrogen) atoms. The number of rotatable bonds is 4. The van der Waals surface area contributed by atoms with Crippen LogP contribution in [-0.4, -0.2) is 30.9 Å². The van der Waals surface area contributed by atoms with E-state index in [1.54, 1.807) is 11.4 Å². The fourth-order valence-corrected chi connectivity index (χ4v) is 3.52. The lowest BCUT2D eigenvalue weighted by atomic mass is 10.0. The molecule has 0 saturated heterocycles. The van der Waals surface area contributed by atoms with Crippen molar-refractivity contribution in [3.63, 3.8) is 0 Å². The van der Waals surface area contributed by atoms with Crippen LogP contribution in [-0.2, 0) is 11.8 Å². The minimum Gasteiger partial charge on any atom is -0.350 e. The van der Waals surface area contributed by atoms with E-state index in [0.717, 1.165) is 34.9 Å². The quantitative estimate of drug-likeness (QED) is 0.556. The summed E-state index contributed by atoms with van der Waals surface area (Å²) in [6.45, 7) is 1.58. The van der Waals surface area contributed by atoms with Crippen LogP contribution in [0.1, 0.15) is 30.1 Å². The predicted molar refractivity (Wildman–Crippen MR) is 106 cm³/mol. The van der Waals surface area contributed by atoms with E-state index in [4.69, 9.17) is 0 Å². The van der Waals surface area contributed by atoms with Gasteiger partial charge in [-0.3, -0.25) is 14.9 Å². The zero-order chi connectivity index (χ0) is 19.4. The first-order chi connectivity index (χ1) is 13.5. The number of benzene rings is 1. The van der Waals surface area contributed by atoms with E-state index in [1.165, 1.54) is 0 Å². The zero-order valence-corrected chi connectivity index (χ0v) is 15.6. The Morgan fingerprint density at radius 3 is 2.68 bits per heavy atom. The number of amides is 1. The maximum atomic E-state index is 12.0. The van der Waals surface area contributed by atoms with E-state index in [0.29, 0.717) is 17.2 Å². The number of fused-ring (bicyclic) bond motifs is 2. The third-order valence-electron chi connectivity index (χ3n) is 5.22. The van der Waals surface area contributed by atoms with Crippen molar-refractivity contribution >= 4 is 34.2 Å². The normalized spacial score (nSPS) is 13.9. The van der Waals surface area contributed by atoms with Gasteiger partial charge in [-0.05, 0) is 55.2 Å². The number of Topliss-reactive ketones (excluding diaryl/α,β-unsaturated/α-hetero) is 1. The van der Waals surface area contributed by atoms with Crippen LogP contribution in [0.25, 0.3) is 27.7 Å². The number of hydrogen-bond acceptors (Lipinski definition) is 4. The van der Waals surface area contributed by atoms with Crippen molar-refractivity contribution in [2.75, 3.05) is 5.32 Å². The van der Waals surface area contributed by atoms with E-state index >= 15 is 0 Å². The topological polar surface area (TPSA) is 81.3 Å². The smallest absolute Gasteiger partial charge is 0.249 e. The first-order valence-electron chi connectivity index (χ1n) is 9.27. The number of hydrogen-bond donors (Lipinski definition) is 1. The molecule has 0 radical (unpaired) electrons. The minimum absolute atomic E-state index is 0.0116. The highest BCUT2D eigenvalue weighted by atomic mass is 16.2. The standard InChI is InChI=1S/C21H19N5O2/c1-12(27)17-11-25(2)18-6-5-14(9-16(17)18)15-7-8-26-19(10-15)22-21(24-26)23-20(28)13-3-4-13/h5-11,13H,3-4H2,1-2H3,(H,23,24,28). The van der Waals surface area contributed by atoms with E-state index < -0.39 is 0 Å². The van der Waals surface area contributed by atoms with Gasteiger partial charge in [0.15, 0.2) is 11.4 Å². The molecule has 1 N–H and O–H groups in total. The lowest BCUT2D eigenvalue weighted by Crippen LogP contribution is -2.14. The summed E-state index contributed by atoms with van der Waals surface area (Å²) >= 11 is 0. The highest BCUT2D eigenvalue weighted by Gasteiger charge is 2.30. The van der Waals surface area contributed by atoms with Crippen LogP contribution in [0.3, 0.4) is 0 Å². The number of nitrogens with zero attached hydrogens (tertiary/aromatic N) is 4. The average Bonchev–Trinajstić information content (AvgIpc) is 3.37. The van der Waals surface area contributed by atoms with Crippen LogP contribution >= 0.6 is 0 Å². The molecule has 1 aliphatic rings. The number of carbonyl (C=O) groups excluding carboxylic acids is 2. The summed E-state index contributed by atoms with van der Waals surface area (Å²) in [5.41, 5.74) is 4.36. The van der Waals surface area contributed by atoms with Gasteiger partial charge < -0.3 is 4.57 Å². The summed E-state index contributed by atoms with van der Waals surface area (Å²) in [6, 6.07) is 9.96. The summed E-state index contributed by atoms with van der Waals surface area (Å²) in [5, 5.41) is 8.03. The second-order valence-corrected chi connectivity index (χ2v) is 7.36. The third kappa shape index (κ3) is 2.76. The molecule has 3 aromatic heterocycles. The van der Waals surface area contributed by atoms with E-state index in [9.17, 15) is 9.59 Å². The highest BCUT2D eigenvalue weighted by Crippen LogP contribution is 2.30. The monoisotopic (exact) mass is 373 g/mol. The molecule has 0 spiro atoms. The van der Waals surface area contributed by atoms with E-state index in [2.05, 4.69) is 15.4 Å². The first-order valence-corrected chi connectivity index (χ1v) is 9.27. The Morgan fingerprint density at radius 2 is 1.93 bits per heavy atom. The van der Waals surface area contributed by atoms with Crippen molar-refractivity contribution in [2.45, 2.75) is 19.8 Å². The van der Waals surface area contributed by atoms with Crippen molar-refractivity contribution in [1.29, 1.82) is 0 Å². The Balaban J connectivity index is 1.54. The molecule has 7 heteroatoms. The molecule has 0 atom stereocenters. The third-order valence-corrected chi connectivity index (χ3v) is 5.22. The van der Waals surface area contributed by atoms with Gasteiger partial charge in [0, 0.05) is 41.8 Å². The number of aromatic nitrogens is 4. The van der Waals surface area contributed by atoms with Crippen LogP contribution in [0.2, 0.25) is 0 Å². The summed E-state index contributed by atoms with van der Waals surface area (Å²) in [4.78, 5) is 28.3. The number of nitrogens with one attached hydrogen (secondary N) is 1. The van der Waals surface area contributed by atoms with Gasteiger partial charge in [0.1, 0.15) is 0 Å². The number of pyridine rings is 1. The molecule has 1 aliphatic carbocycles. The largest absolute Gasteiger partial charge is 0.350 e. The van der Waals surface area contributed by atoms with E-state index in [1.807, 2.05) is 54.3 Å². The zero-order valence-electron chi connectivity index (χ0n) is 15.6. The lowest BCUT2D eigenvalue weighted by Gasteiger charge is -2.04. The van der Waals surface area contributed by atoms with Gasteiger partial charge in [0.2, 0.25) is 11.9 Å². The molecule has 1 aromatic carbocycles. The highest BCUT2D eigenvalue weighted by molar-refractivity contribution is 6.08. The Bertz CT molecular complexity index is 1260. The van der Waals surface area contributed by atoms with Crippen LogP contribution < -0.4 is 5.32 Å². The Kier molecular flexibility index (Phi) is 3.58. The maximum absolute atomic E-state index is 12.0. The van der Waals surface area contributed by atoms with Crippen molar-refractivity contribution in [2.24, 2.45) is 13.0 Å². The van der Waals surface area contributed by atoms with Crippen LogP contribution in [0.5, 0.6) is 0 Å². The molecule has 0 aliphatic heterocycles. The molecule has 1 amide bonds. The van der Waals surface area contributed by atoms with Gasteiger partial charge in [0.05, 0.1) is 0 Å². The number of ketones is 1. The lowest BCUT2D eigenvalue weighted by molar-refractivity contribution is -0.117. The summed E-state index contributed by atoms with van der Waals surface area (Å²) in [5.74, 6) is 0.468. The molecular weight excluding hydrogens is 354 g/mol. The second kappa shape index (κ2) is 6.02. The van der Waals surface area contributed by atoms with Crippen LogP contribution in [0, 0.1) is 5.92 Å². The van der Waals surface area contributed by atoms with Crippen molar-refractivity contribution < 1.29 is 9.59 Å². The molecule has 0 bridgehead atoms. The van der Waals surface area contributed by atoms with Crippen LogP contribution in [0.4, 0.5) is 5.95 Å². The molecule has 1 fully saturated rings. The minimum atomic E-state index is -0.0116. The second-order valence-electron chi connectivity index (χ2n) is 7.36. The Labute approximate surface area is 161 Å². The molecule has 5 rings (SSSR count). The van der Waals surface area contributed by atoms with Crippen LogP contribution in [0.15, 0.2) is 42.7 Å². The predicted octanol–water partition coefficient (Wildman–Crippen LogP) is 3.44. The SMILES string of the molecule is CC(=O)c1cn(C)c2ccc(-c3ccn4nc(NC(=O)C5CC5)nc4c3)cc12. The molecule has 7 nitrogen and oxygen atoms in total. The van der Waals surface area contributed by atoms with Gasteiger partial charge in [-0.15, -0.1) is 5.10 Å². The first kappa shape index (κ1) is 16.7. The molecule has 0 unspecified atom stereocenters. The van der Waals surface area contributed by atoms with Gasteiger partial charge in [-0.25, -0.2) is 4.52 Å². The van der Waals surface area contributed by atoms with Gasteiger partial charge in [0.25, 0.3) is 0 Å². The Hall–Kier alpha value is -3.48. The van der Waals surface area contributed by atoms with Gasteiger partial charge >= 0.3 is 0 Å². The number of aryl methyl sites for hydroxylation is 1. The summed E-state index contributed by atoms with van der Waals surface area (Å²) < 4.78 is 3.61. The molecule has 4 aromatic rings. The van der Waals surface area contributed by atoms with Crippen molar-refractivity contribution in [1.82, 2.24) is 19.2 Å². The number of carbonyl (C=O) groups is 2. The van der Waals surface area contributed by atoms with Gasteiger partial charge in [-0.1, -0.05) is 6.07 Å². The Morgan fingerprint density at radius 1 is 1.14 bits per heavy atom. The maximum Gasteiger partial charge on any atom is 0.249 e. The molecule has 1 saturated carbocycles. The number of anilines is 1. The summed E-state index contributed by atoms with van der Waals surface area (Å²) in [7, 11) is 1.94. The molecule has 140 valence electrons. The fraction of sp³-hybridized carbons (Fsp3) is 0.238. The average molecular weight is 373 g/mol. The molecule has 3 heterocycles. The van der Waals surface area contributed by atoms with Crippen molar-refractivity contribution in [3.8, 4) is 11.1 Å². The van der Waals surface area contributed by atoms with Gasteiger partial charge in [-0.2, -0.15) is 4.98 Å². The summed E-state index contributed by atoms with van der Waals surface area (Å²) in [6.07, 6.45) is 5.57. The molecular formula is C21H19N5O2.